The number of benzene rings is 2. The second-order valence-electron chi connectivity index (χ2n) is 5.81. The molecule has 0 aliphatic carbocycles. The average molecular weight is 295 g/mol. The van der Waals surface area contributed by atoms with Gasteiger partial charge in [0.05, 0.1) is 0 Å². The van der Waals surface area contributed by atoms with Crippen LogP contribution in [0.3, 0.4) is 0 Å². The van der Waals surface area contributed by atoms with Gasteiger partial charge in [0.2, 0.25) is 0 Å². The summed E-state index contributed by atoms with van der Waals surface area (Å²) in [5.41, 5.74) is 3.82. The number of rotatable bonds is 5. The summed E-state index contributed by atoms with van der Waals surface area (Å²) in [5, 5.41) is 3.48. The maximum atomic E-state index is 3.48. The lowest BCUT2D eigenvalue weighted by molar-refractivity contribution is 0.271. The van der Waals surface area contributed by atoms with Gasteiger partial charge in [-0.15, -0.1) is 0 Å². The molecule has 1 aliphatic rings. The molecule has 0 radical (unpaired) electrons. The van der Waals surface area contributed by atoms with Crippen molar-refractivity contribution in [1.82, 2.24) is 4.90 Å². The minimum Gasteiger partial charge on any atom is -0.381 e. The molecule has 0 unspecified atom stereocenters. The van der Waals surface area contributed by atoms with Crippen LogP contribution in [0.5, 0.6) is 0 Å². The number of nitrogens with one attached hydrogen (secondary N) is 1. The van der Waals surface area contributed by atoms with Crippen molar-refractivity contribution in [3.05, 3.63) is 60.2 Å². The topological polar surface area (TPSA) is 18.5 Å². The van der Waals surface area contributed by atoms with Gasteiger partial charge in [0, 0.05) is 44.1 Å². The molecule has 0 atom stereocenters. The van der Waals surface area contributed by atoms with E-state index in [0.717, 1.165) is 26.2 Å². The van der Waals surface area contributed by atoms with Crippen LogP contribution in [0.2, 0.25) is 0 Å². The lowest BCUT2D eigenvalue weighted by Crippen LogP contribution is -2.46. The van der Waals surface area contributed by atoms with E-state index in [1.54, 1.807) is 0 Å². The van der Waals surface area contributed by atoms with Crippen molar-refractivity contribution in [2.75, 3.05) is 42.9 Å². The van der Waals surface area contributed by atoms with Crippen molar-refractivity contribution in [3.8, 4) is 0 Å². The third kappa shape index (κ3) is 3.80. The highest BCUT2D eigenvalue weighted by molar-refractivity contribution is 5.55. The largest absolute Gasteiger partial charge is 0.381 e. The average Bonchev–Trinajstić information content (AvgIpc) is 2.61. The van der Waals surface area contributed by atoms with Gasteiger partial charge < -0.3 is 15.1 Å². The van der Waals surface area contributed by atoms with E-state index in [1.807, 2.05) is 0 Å². The minimum atomic E-state index is 0.870. The van der Waals surface area contributed by atoms with Gasteiger partial charge in [-0.05, 0) is 36.4 Å². The first-order valence-electron chi connectivity index (χ1n) is 8.20. The normalized spacial score (nSPS) is 15.8. The van der Waals surface area contributed by atoms with Crippen LogP contribution in [-0.2, 0) is 6.54 Å². The molecular weight excluding hydrogens is 270 g/mol. The fourth-order valence-electron chi connectivity index (χ4n) is 2.91. The molecule has 0 spiro atoms. The summed E-state index contributed by atoms with van der Waals surface area (Å²) in [6.07, 6.45) is 0. The van der Waals surface area contributed by atoms with E-state index in [2.05, 4.69) is 76.6 Å². The van der Waals surface area contributed by atoms with Gasteiger partial charge in [0.1, 0.15) is 0 Å². The van der Waals surface area contributed by atoms with Gasteiger partial charge in [0.25, 0.3) is 0 Å². The number of likely N-dealkylation sites (N-methyl/N-ethyl adjacent to an activating group) is 1. The Labute approximate surface area is 133 Å². The van der Waals surface area contributed by atoms with E-state index in [0.29, 0.717) is 0 Å². The Kier molecular flexibility index (Phi) is 4.96. The van der Waals surface area contributed by atoms with E-state index in [1.165, 1.54) is 30.0 Å². The maximum absolute atomic E-state index is 3.48. The molecule has 0 bridgehead atoms. The Balaban J connectivity index is 1.54. The highest BCUT2D eigenvalue weighted by Gasteiger charge is 2.15. The molecule has 1 heterocycles. The van der Waals surface area contributed by atoms with Crippen LogP contribution < -0.4 is 10.2 Å². The smallest absolute Gasteiger partial charge is 0.0400 e. The van der Waals surface area contributed by atoms with Gasteiger partial charge in [-0.2, -0.15) is 0 Å². The Hall–Kier alpha value is -2.00. The number of piperazine rings is 1. The molecule has 1 N–H and O–H groups in total. The molecule has 3 rings (SSSR count). The summed E-state index contributed by atoms with van der Waals surface area (Å²) in [4.78, 5) is 4.99. The number of nitrogens with zero attached hydrogens (tertiary/aromatic N) is 2. The monoisotopic (exact) mass is 295 g/mol. The number of hydrogen-bond donors (Lipinski definition) is 1. The van der Waals surface area contributed by atoms with Crippen LogP contribution >= 0.6 is 0 Å². The fourth-order valence-corrected chi connectivity index (χ4v) is 2.91. The van der Waals surface area contributed by atoms with E-state index in [4.69, 9.17) is 0 Å². The Morgan fingerprint density at radius 1 is 0.864 bits per heavy atom. The first-order chi connectivity index (χ1) is 10.8. The number of hydrogen-bond acceptors (Lipinski definition) is 3. The summed E-state index contributed by atoms with van der Waals surface area (Å²) in [7, 11) is 0. The van der Waals surface area contributed by atoms with E-state index in [9.17, 15) is 0 Å². The molecule has 116 valence electrons. The molecular formula is C19H25N3. The summed E-state index contributed by atoms with van der Waals surface area (Å²) in [6.45, 7) is 8.87. The van der Waals surface area contributed by atoms with Gasteiger partial charge in [-0.3, -0.25) is 0 Å². The molecule has 22 heavy (non-hydrogen) atoms. The predicted octanol–water partition coefficient (Wildman–Crippen LogP) is 3.44. The molecule has 1 aliphatic heterocycles. The lowest BCUT2D eigenvalue weighted by Gasteiger charge is -2.35. The summed E-state index contributed by atoms with van der Waals surface area (Å²) in [6, 6.07) is 19.3. The van der Waals surface area contributed by atoms with Crippen molar-refractivity contribution in [2.45, 2.75) is 13.5 Å². The Bertz CT molecular complexity index is 557. The molecule has 0 amide bonds. The van der Waals surface area contributed by atoms with E-state index in [-0.39, 0.29) is 0 Å². The third-order valence-corrected chi connectivity index (χ3v) is 4.39. The van der Waals surface area contributed by atoms with Gasteiger partial charge >= 0.3 is 0 Å². The molecule has 2 aromatic rings. The van der Waals surface area contributed by atoms with Gasteiger partial charge in [0.15, 0.2) is 0 Å². The maximum Gasteiger partial charge on any atom is 0.0400 e. The lowest BCUT2D eigenvalue weighted by atomic mass is 10.2. The molecule has 2 aromatic carbocycles. The van der Waals surface area contributed by atoms with Crippen LogP contribution in [0.15, 0.2) is 54.6 Å². The van der Waals surface area contributed by atoms with Crippen molar-refractivity contribution in [3.63, 3.8) is 0 Å². The van der Waals surface area contributed by atoms with Crippen LogP contribution in [0.1, 0.15) is 12.5 Å². The van der Waals surface area contributed by atoms with Crippen LogP contribution in [0, 0.1) is 0 Å². The Morgan fingerprint density at radius 2 is 1.55 bits per heavy atom. The zero-order valence-electron chi connectivity index (χ0n) is 13.3. The summed E-state index contributed by atoms with van der Waals surface area (Å²) in [5.74, 6) is 0. The van der Waals surface area contributed by atoms with Crippen molar-refractivity contribution >= 4 is 11.4 Å². The molecule has 3 nitrogen and oxygen atoms in total. The van der Waals surface area contributed by atoms with Gasteiger partial charge in [-0.25, -0.2) is 0 Å². The first kappa shape index (κ1) is 14.9. The van der Waals surface area contributed by atoms with Crippen LogP contribution in [0.25, 0.3) is 0 Å². The highest BCUT2D eigenvalue weighted by Crippen LogP contribution is 2.20. The SMILES string of the molecule is CCN1CCN(c2ccc(NCc3ccccc3)cc2)CC1. The molecule has 3 heteroatoms. The van der Waals surface area contributed by atoms with Gasteiger partial charge in [-0.1, -0.05) is 37.3 Å². The standard InChI is InChI=1S/C19H25N3/c1-2-21-12-14-22(15-13-21)19-10-8-18(9-11-19)20-16-17-6-4-3-5-7-17/h3-11,20H,2,12-16H2,1H3. The molecule has 1 fully saturated rings. The van der Waals surface area contributed by atoms with Crippen molar-refractivity contribution in [2.24, 2.45) is 0 Å². The quantitative estimate of drug-likeness (QED) is 0.911. The fraction of sp³-hybridized carbons (Fsp3) is 0.368. The zero-order chi connectivity index (χ0) is 15.2. The Morgan fingerprint density at radius 3 is 2.18 bits per heavy atom. The second-order valence-corrected chi connectivity index (χ2v) is 5.81. The third-order valence-electron chi connectivity index (χ3n) is 4.39. The van der Waals surface area contributed by atoms with E-state index >= 15 is 0 Å². The minimum absolute atomic E-state index is 0.870. The molecule has 0 aromatic heterocycles. The predicted molar refractivity (Wildman–Crippen MR) is 94.5 cm³/mol. The van der Waals surface area contributed by atoms with E-state index < -0.39 is 0 Å². The number of anilines is 2. The van der Waals surface area contributed by atoms with Crippen molar-refractivity contribution in [1.29, 1.82) is 0 Å². The molecule has 0 saturated carbocycles. The highest BCUT2D eigenvalue weighted by atomic mass is 15.3. The van der Waals surface area contributed by atoms with Crippen molar-refractivity contribution < 1.29 is 0 Å². The molecule has 1 saturated heterocycles. The van der Waals surface area contributed by atoms with Crippen LogP contribution in [-0.4, -0.2) is 37.6 Å². The summed E-state index contributed by atoms with van der Waals surface area (Å²) >= 11 is 0. The zero-order valence-corrected chi connectivity index (χ0v) is 13.3. The first-order valence-corrected chi connectivity index (χ1v) is 8.20. The second kappa shape index (κ2) is 7.32. The summed E-state index contributed by atoms with van der Waals surface area (Å²) < 4.78 is 0. The van der Waals surface area contributed by atoms with Crippen LogP contribution in [0.4, 0.5) is 11.4 Å².